The highest BCUT2D eigenvalue weighted by Gasteiger charge is 2.65. The SMILES string of the molecule is COc1cc(C)c(CN2C[C@@H]3C(C)(C)C[C@]3(C(N)=O)C2)cc1C. The number of carbonyl (C=O) groups is 1. The molecule has 2 atom stereocenters. The van der Waals surface area contributed by atoms with Crippen molar-refractivity contribution >= 4 is 5.91 Å². The molecule has 1 aliphatic heterocycles. The summed E-state index contributed by atoms with van der Waals surface area (Å²) in [6.45, 7) is 11.3. The lowest BCUT2D eigenvalue weighted by molar-refractivity contribution is -0.148. The summed E-state index contributed by atoms with van der Waals surface area (Å²) in [6, 6.07) is 4.31. The molecule has 23 heavy (non-hydrogen) atoms. The van der Waals surface area contributed by atoms with E-state index in [1.807, 2.05) is 0 Å². The number of benzene rings is 1. The summed E-state index contributed by atoms with van der Waals surface area (Å²) < 4.78 is 5.39. The molecule has 4 nitrogen and oxygen atoms in total. The van der Waals surface area contributed by atoms with Crippen molar-refractivity contribution < 1.29 is 9.53 Å². The van der Waals surface area contributed by atoms with E-state index in [1.165, 1.54) is 11.1 Å². The fraction of sp³-hybridized carbons (Fsp3) is 0.632. The maximum Gasteiger partial charge on any atom is 0.225 e. The topological polar surface area (TPSA) is 55.6 Å². The zero-order valence-electron chi connectivity index (χ0n) is 14.9. The lowest BCUT2D eigenvalue weighted by Crippen LogP contribution is -2.59. The molecule has 0 aromatic heterocycles. The van der Waals surface area contributed by atoms with Crippen LogP contribution in [0.3, 0.4) is 0 Å². The Hall–Kier alpha value is -1.55. The van der Waals surface area contributed by atoms with Crippen molar-refractivity contribution in [1.29, 1.82) is 0 Å². The third-order valence-electron chi connectivity index (χ3n) is 6.07. The number of hydrogen-bond acceptors (Lipinski definition) is 3. The van der Waals surface area contributed by atoms with E-state index in [-0.39, 0.29) is 16.7 Å². The van der Waals surface area contributed by atoms with Crippen molar-refractivity contribution in [3.8, 4) is 5.75 Å². The molecule has 0 unspecified atom stereocenters. The minimum absolute atomic E-state index is 0.119. The summed E-state index contributed by atoms with van der Waals surface area (Å²) in [4.78, 5) is 14.5. The van der Waals surface area contributed by atoms with E-state index >= 15 is 0 Å². The van der Waals surface area contributed by atoms with Gasteiger partial charge in [-0.25, -0.2) is 0 Å². The number of ether oxygens (including phenoxy) is 1. The summed E-state index contributed by atoms with van der Waals surface area (Å²) in [7, 11) is 1.71. The normalized spacial score (nSPS) is 29.0. The number of primary amides is 1. The van der Waals surface area contributed by atoms with Gasteiger partial charge in [-0.2, -0.15) is 0 Å². The van der Waals surface area contributed by atoms with E-state index in [9.17, 15) is 4.79 Å². The number of carbonyl (C=O) groups excluding carboxylic acids is 1. The van der Waals surface area contributed by atoms with Crippen LogP contribution >= 0.6 is 0 Å². The summed E-state index contributed by atoms with van der Waals surface area (Å²) >= 11 is 0. The first-order valence-electron chi connectivity index (χ1n) is 8.36. The number of rotatable bonds is 4. The van der Waals surface area contributed by atoms with Gasteiger partial charge >= 0.3 is 0 Å². The number of nitrogens with two attached hydrogens (primary N) is 1. The molecule has 1 aromatic carbocycles. The number of aryl methyl sites for hydroxylation is 2. The highest BCUT2D eigenvalue weighted by Crippen LogP contribution is 2.62. The molecular formula is C19H28N2O2. The molecule has 4 heteroatoms. The van der Waals surface area contributed by atoms with E-state index in [4.69, 9.17) is 10.5 Å². The second-order valence-corrected chi connectivity index (χ2v) is 8.16. The molecule has 0 radical (unpaired) electrons. The van der Waals surface area contributed by atoms with Crippen molar-refractivity contribution in [3.05, 3.63) is 28.8 Å². The second kappa shape index (κ2) is 5.23. The zero-order valence-corrected chi connectivity index (χ0v) is 14.9. The summed E-state index contributed by atoms with van der Waals surface area (Å²) in [6.07, 6.45) is 0.914. The Morgan fingerprint density at radius 2 is 2.04 bits per heavy atom. The molecular weight excluding hydrogens is 288 g/mol. The Bertz CT molecular complexity index is 653. The standard InChI is InChI=1S/C19H28N2O2/c1-12-7-15(23-5)13(2)6-14(12)8-21-9-16-18(3,4)10-19(16,11-21)17(20)22/h6-7,16H,8-11H2,1-5H3,(H2,20,22)/t16-,19+/m1/s1. The van der Waals surface area contributed by atoms with Crippen LogP contribution in [0.2, 0.25) is 0 Å². The summed E-state index contributed by atoms with van der Waals surface area (Å²) in [5.41, 5.74) is 9.37. The Balaban J connectivity index is 1.81. The third kappa shape index (κ3) is 2.44. The van der Waals surface area contributed by atoms with Crippen LogP contribution in [0.4, 0.5) is 0 Å². The van der Waals surface area contributed by atoms with Crippen LogP contribution < -0.4 is 10.5 Å². The van der Waals surface area contributed by atoms with Gasteiger partial charge < -0.3 is 10.5 Å². The summed E-state index contributed by atoms with van der Waals surface area (Å²) in [5, 5.41) is 0. The maximum absolute atomic E-state index is 12.1. The molecule has 1 aromatic rings. The average Bonchev–Trinajstić information content (AvgIpc) is 2.78. The molecule has 0 bridgehead atoms. The smallest absolute Gasteiger partial charge is 0.225 e. The Morgan fingerprint density at radius 1 is 1.35 bits per heavy atom. The first-order valence-corrected chi connectivity index (χ1v) is 8.36. The Morgan fingerprint density at radius 3 is 2.57 bits per heavy atom. The lowest BCUT2D eigenvalue weighted by atomic mass is 9.48. The third-order valence-corrected chi connectivity index (χ3v) is 6.07. The van der Waals surface area contributed by atoms with Gasteiger partial charge in [0.05, 0.1) is 12.5 Å². The molecule has 1 amide bonds. The van der Waals surface area contributed by atoms with Gasteiger partial charge in [-0.3, -0.25) is 9.69 Å². The minimum atomic E-state index is -0.307. The van der Waals surface area contributed by atoms with E-state index in [2.05, 4.69) is 44.7 Å². The first kappa shape index (κ1) is 16.3. The van der Waals surface area contributed by atoms with Gasteiger partial charge in [0.1, 0.15) is 5.75 Å². The van der Waals surface area contributed by atoms with Crippen LogP contribution in [-0.4, -0.2) is 31.0 Å². The van der Waals surface area contributed by atoms with Crippen molar-refractivity contribution in [2.24, 2.45) is 22.5 Å². The second-order valence-electron chi connectivity index (χ2n) is 8.16. The van der Waals surface area contributed by atoms with E-state index in [0.29, 0.717) is 5.92 Å². The van der Waals surface area contributed by atoms with Crippen molar-refractivity contribution in [2.75, 3.05) is 20.2 Å². The highest BCUT2D eigenvalue weighted by atomic mass is 16.5. The fourth-order valence-corrected chi connectivity index (χ4v) is 4.92. The predicted molar refractivity (Wildman–Crippen MR) is 91.3 cm³/mol. The number of hydrogen-bond donors (Lipinski definition) is 1. The van der Waals surface area contributed by atoms with Crippen LogP contribution in [-0.2, 0) is 11.3 Å². The number of nitrogens with zero attached hydrogens (tertiary/aromatic N) is 1. The number of fused-ring (bicyclic) bond motifs is 1. The van der Waals surface area contributed by atoms with Crippen LogP contribution in [0, 0.1) is 30.6 Å². The molecule has 2 N–H and O–H groups in total. The average molecular weight is 316 g/mol. The van der Waals surface area contributed by atoms with E-state index in [1.54, 1.807) is 7.11 Å². The lowest BCUT2D eigenvalue weighted by Gasteiger charge is -2.54. The zero-order chi connectivity index (χ0) is 17.0. The quantitative estimate of drug-likeness (QED) is 0.929. The van der Waals surface area contributed by atoms with Gasteiger partial charge in [0.15, 0.2) is 0 Å². The predicted octanol–water partition coefficient (Wildman–Crippen LogP) is 2.65. The van der Waals surface area contributed by atoms with Gasteiger partial charge in [-0.1, -0.05) is 19.9 Å². The molecule has 2 aliphatic rings. The monoisotopic (exact) mass is 316 g/mol. The van der Waals surface area contributed by atoms with Crippen molar-refractivity contribution in [1.82, 2.24) is 4.90 Å². The maximum atomic E-state index is 12.1. The first-order chi connectivity index (χ1) is 10.7. The van der Waals surface area contributed by atoms with E-state index in [0.717, 1.165) is 37.4 Å². The molecule has 3 rings (SSSR count). The fourth-order valence-electron chi connectivity index (χ4n) is 4.92. The number of methoxy groups -OCH3 is 1. The molecule has 1 saturated carbocycles. The van der Waals surface area contributed by atoms with Crippen LogP contribution in [0.1, 0.15) is 37.0 Å². The van der Waals surface area contributed by atoms with Gasteiger partial charge in [0, 0.05) is 19.6 Å². The largest absolute Gasteiger partial charge is 0.496 e. The molecule has 1 saturated heterocycles. The molecule has 0 spiro atoms. The highest BCUT2D eigenvalue weighted by molar-refractivity contribution is 5.83. The van der Waals surface area contributed by atoms with Crippen LogP contribution in [0.5, 0.6) is 5.75 Å². The van der Waals surface area contributed by atoms with Gasteiger partial charge in [-0.05, 0) is 54.4 Å². The van der Waals surface area contributed by atoms with Crippen molar-refractivity contribution in [3.63, 3.8) is 0 Å². The Labute approximate surface area is 139 Å². The minimum Gasteiger partial charge on any atom is -0.496 e. The molecule has 1 aliphatic carbocycles. The van der Waals surface area contributed by atoms with Gasteiger partial charge in [0.2, 0.25) is 5.91 Å². The molecule has 1 heterocycles. The van der Waals surface area contributed by atoms with Crippen molar-refractivity contribution in [2.45, 2.75) is 40.7 Å². The van der Waals surface area contributed by atoms with Crippen LogP contribution in [0.25, 0.3) is 0 Å². The number of amides is 1. The summed E-state index contributed by atoms with van der Waals surface area (Å²) in [5.74, 6) is 1.20. The number of likely N-dealkylation sites (tertiary alicyclic amines) is 1. The van der Waals surface area contributed by atoms with Gasteiger partial charge in [0.25, 0.3) is 0 Å². The molecule has 126 valence electrons. The van der Waals surface area contributed by atoms with Crippen LogP contribution in [0.15, 0.2) is 12.1 Å². The molecule has 2 fully saturated rings. The van der Waals surface area contributed by atoms with Gasteiger partial charge in [-0.15, -0.1) is 0 Å². The van der Waals surface area contributed by atoms with E-state index < -0.39 is 0 Å². The Kier molecular flexibility index (Phi) is 3.71.